The van der Waals surface area contributed by atoms with Crippen molar-refractivity contribution in [2.24, 2.45) is 0 Å². The van der Waals surface area contributed by atoms with Crippen molar-refractivity contribution in [2.45, 2.75) is 32.3 Å². The summed E-state index contributed by atoms with van der Waals surface area (Å²) in [4.78, 5) is 8.24. The Morgan fingerprint density at radius 2 is 2.42 bits per heavy atom. The SMILES string of the molecule is Cc1c(Cl)nc2ncnn2c1NCC1(C)CCCO1. The summed E-state index contributed by atoms with van der Waals surface area (Å²) in [5.41, 5.74) is 0.732. The van der Waals surface area contributed by atoms with E-state index in [1.165, 1.54) is 6.33 Å². The molecule has 3 rings (SSSR count). The summed E-state index contributed by atoms with van der Waals surface area (Å²) >= 11 is 6.12. The van der Waals surface area contributed by atoms with E-state index >= 15 is 0 Å². The number of halogens is 1. The van der Waals surface area contributed by atoms with Crippen LogP contribution in [-0.4, -0.2) is 38.3 Å². The van der Waals surface area contributed by atoms with Crippen LogP contribution >= 0.6 is 11.6 Å². The Kier molecular flexibility index (Phi) is 3.06. The second-order valence-corrected chi connectivity index (χ2v) is 5.46. The van der Waals surface area contributed by atoms with Crippen LogP contribution in [0.5, 0.6) is 0 Å². The summed E-state index contributed by atoms with van der Waals surface area (Å²) in [6, 6.07) is 0. The van der Waals surface area contributed by atoms with Crippen molar-refractivity contribution in [2.75, 3.05) is 18.5 Å². The van der Waals surface area contributed by atoms with E-state index in [1.807, 2.05) is 6.92 Å². The van der Waals surface area contributed by atoms with Crippen LogP contribution in [-0.2, 0) is 4.74 Å². The highest BCUT2D eigenvalue weighted by Gasteiger charge is 2.30. The molecule has 0 spiro atoms. The van der Waals surface area contributed by atoms with Gasteiger partial charge in [0, 0.05) is 18.7 Å². The maximum absolute atomic E-state index is 6.12. The molecule has 7 heteroatoms. The molecule has 1 saturated heterocycles. The fourth-order valence-corrected chi connectivity index (χ4v) is 2.52. The molecule has 3 heterocycles. The number of anilines is 1. The first-order chi connectivity index (χ1) is 9.09. The van der Waals surface area contributed by atoms with Crippen molar-refractivity contribution in [3.8, 4) is 0 Å². The molecule has 0 aromatic carbocycles. The first kappa shape index (κ1) is 12.6. The number of fused-ring (bicyclic) bond motifs is 1. The quantitative estimate of drug-likeness (QED) is 0.873. The normalized spacial score (nSPS) is 23.1. The molecule has 19 heavy (non-hydrogen) atoms. The molecule has 0 amide bonds. The van der Waals surface area contributed by atoms with Gasteiger partial charge in [-0.3, -0.25) is 0 Å². The predicted octanol–water partition coefficient (Wildman–Crippen LogP) is 2.07. The van der Waals surface area contributed by atoms with E-state index < -0.39 is 0 Å². The Morgan fingerprint density at radius 1 is 1.58 bits per heavy atom. The molecule has 2 aromatic heterocycles. The lowest BCUT2D eigenvalue weighted by molar-refractivity contribution is 0.0314. The fourth-order valence-electron chi connectivity index (χ4n) is 2.35. The molecule has 0 aliphatic carbocycles. The van der Waals surface area contributed by atoms with Gasteiger partial charge in [0.1, 0.15) is 17.3 Å². The molecular formula is C12H16ClN5O. The highest BCUT2D eigenvalue weighted by Crippen LogP contribution is 2.27. The van der Waals surface area contributed by atoms with E-state index in [2.05, 4.69) is 27.3 Å². The molecule has 1 unspecified atom stereocenters. The Hall–Kier alpha value is -1.40. The number of nitrogens with one attached hydrogen (secondary N) is 1. The van der Waals surface area contributed by atoms with Crippen molar-refractivity contribution in [3.63, 3.8) is 0 Å². The number of rotatable bonds is 3. The summed E-state index contributed by atoms with van der Waals surface area (Å²) in [6.45, 7) is 5.57. The van der Waals surface area contributed by atoms with Crippen LogP contribution in [0.1, 0.15) is 25.3 Å². The van der Waals surface area contributed by atoms with Gasteiger partial charge >= 0.3 is 0 Å². The maximum Gasteiger partial charge on any atom is 0.255 e. The standard InChI is InChI=1S/C12H16ClN5O/c1-8-9(13)17-11-15-7-16-18(11)10(8)14-6-12(2)4-3-5-19-12/h7,14H,3-6H2,1-2H3. The second kappa shape index (κ2) is 4.61. The highest BCUT2D eigenvalue weighted by molar-refractivity contribution is 6.30. The summed E-state index contributed by atoms with van der Waals surface area (Å²) in [6.07, 6.45) is 3.63. The molecule has 1 N–H and O–H groups in total. The molecular weight excluding hydrogens is 266 g/mol. The van der Waals surface area contributed by atoms with Gasteiger partial charge in [-0.2, -0.15) is 19.6 Å². The van der Waals surface area contributed by atoms with E-state index in [-0.39, 0.29) is 5.60 Å². The lowest BCUT2D eigenvalue weighted by Gasteiger charge is -2.24. The van der Waals surface area contributed by atoms with Gasteiger partial charge in [-0.25, -0.2) is 0 Å². The topological polar surface area (TPSA) is 64.3 Å². The average molecular weight is 282 g/mol. The van der Waals surface area contributed by atoms with E-state index in [0.29, 0.717) is 17.5 Å². The minimum atomic E-state index is -0.130. The minimum Gasteiger partial charge on any atom is -0.373 e. The molecule has 1 atom stereocenters. The molecule has 0 bridgehead atoms. The van der Waals surface area contributed by atoms with Gasteiger partial charge in [-0.15, -0.1) is 0 Å². The Labute approximate surface area is 116 Å². The van der Waals surface area contributed by atoms with Crippen molar-refractivity contribution < 1.29 is 4.74 Å². The van der Waals surface area contributed by atoms with Gasteiger partial charge in [0.15, 0.2) is 0 Å². The average Bonchev–Trinajstić information content (AvgIpc) is 2.99. The first-order valence-corrected chi connectivity index (χ1v) is 6.70. The van der Waals surface area contributed by atoms with Gasteiger partial charge in [0.05, 0.1) is 5.60 Å². The highest BCUT2D eigenvalue weighted by atomic mass is 35.5. The fraction of sp³-hybridized carbons (Fsp3) is 0.583. The van der Waals surface area contributed by atoms with Crippen molar-refractivity contribution in [1.29, 1.82) is 0 Å². The zero-order valence-electron chi connectivity index (χ0n) is 11.0. The maximum atomic E-state index is 6.12. The van der Waals surface area contributed by atoms with Crippen LogP contribution < -0.4 is 5.32 Å². The number of hydrogen-bond donors (Lipinski definition) is 1. The second-order valence-electron chi connectivity index (χ2n) is 5.10. The predicted molar refractivity (Wildman–Crippen MR) is 72.6 cm³/mol. The molecule has 0 radical (unpaired) electrons. The van der Waals surface area contributed by atoms with Gasteiger partial charge in [-0.1, -0.05) is 11.6 Å². The molecule has 1 aliphatic rings. The van der Waals surface area contributed by atoms with Crippen LogP contribution in [0.2, 0.25) is 5.15 Å². The van der Waals surface area contributed by atoms with E-state index in [9.17, 15) is 0 Å². The zero-order chi connectivity index (χ0) is 13.5. The largest absolute Gasteiger partial charge is 0.373 e. The third-order valence-corrected chi connectivity index (χ3v) is 3.90. The number of nitrogens with zero attached hydrogens (tertiary/aromatic N) is 4. The van der Waals surface area contributed by atoms with E-state index in [1.54, 1.807) is 4.52 Å². The van der Waals surface area contributed by atoms with Crippen LogP contribution in [0.3, 0.4) is 0 Å². The summed E-state index contributed by atoms with van der Waals surface area (Å²) in [5.74, 6) is 1.32. The van der Waals surface area contributed by atoms with E-state index in [4.69, 9.17) is 16.3 Å². The van der Waals surface area contributed by atoms with Crippen LogP contribution in [0.25, 0.3) is 5.78 Å². The Morgan fingerprint density at radius 3 is 3.16 bits per heavy atom. The molecule has 1 aliphatic heterocycles. The third-order valence-electron chi connectivity index (χ3n) is 3.53. The molecule has 1 fully saturated rings. The number of hydrogen-bond acceptors (Lipinski definition) is 5. The summed E-state index contributed by atoms with van der Waals surface area (Å²) in [5, 5.41) is 7.99. The van der Waals surface area contributed by atoms with Crippen molar-refractivity contribution in [1.82, 2.24) is 19.6 Å². The van der Waals surface area contributed by atoms with Crippen LogP contribution in [0.4, 0.5) is 5.82 Å². The summed E-state index contributed by atoms with van der Waals surface area (Å²) in [7, 11) is 0. The lowest BCUT2D eigenvalue weighted by Crippen LogP contribution is -2.33. The zero-order valence-corrected chi connectivity index (χ0v) is 11.7. The van der Waals surface area contributed by atoms with Crippen LogP contribution in [0, 0.1) is 6.92 Å². The first-order valence-electron chi connectivity index (χ1n) is 6.33. The number of aromatic nitrogens is 4. The number of ether oxygens (including phenoxy) is 1. The molecule has 2 aromatic rings. The molecule has 6 nitrogen and oxygen atoms in total. The van der Waals surface area contributed by atoms with E-state index in [0.717, 1.165) is 30.8 Å². The van der Waals surface area contributed by atoms with Crippen molar-refractivity contribution in [3.05, 3.63) is 17.0 Å². The van der Waals surface area contributed by atoms with Gasteiger partial charge in [0.25, 0.3) is 5.78 Å². The van der Waals surface area contributed by atoms with Gasteiger partial charge < -0.3 is 10.1 Å². The monoisotopic (exact) mass is 281 g/mol. The molecule has 102 valence electrons. The van der Waals surface area contributed by atoms with Crippen LogP contribution in [0.15, 0.2) is 6.33 Å². The minimum absolute atomic E-state index is 0.130. The Bertz CT molecular complexity index is 605. The lowest BCUT2D eigenvalue weighted by atomic mass is 10.0. The summed E-state index contributed by atoms with van der Waals surface area (Å²) < 4.78 is 7.44. The molecule has 0 saturated carbocycles. The van der Waals surface area contributed by atoms with Gasteiger partial charge in [0.2, 0.25) is 0 Å². The smallest absolute Gasteiger partial charge is 0.255 e. The van der Waals surface area contributed by atoms with Gasteiger partial charge in [-0.05, 0) is 26.7 Å². The van der Waals surface area contributed by atoms with Crippen molar-refractivity contribution >= 4 is 23.2 Å². The Balaban J connectivity index is 1.91. The third kappa shape index (κ3) is 2.26.